The second-order valence-corrected chi connectivity index (χ2v) is 6.58. The number of ether oxygens (including phenoxy) is 2. The van der Waals surface area contributed by atoms with Gasteiger partial charge in [0.25, 0.3) is 5.91 Å². The first-order chi connectivity index (χ1) is 13.6. The van der Waals surface area contributed by atoms with Crippen LogP contribution in [0.5, 0.6) is 11.5 Å². The average molecular weight is 394 g/mol. The monoisotopic (exact) mass is 394 g/mol. The van der Waals surface area contributed by atoms with E-state index in [-0.39, 0.29) is 23.4 Å². The minimum Gasteiger partial charge on any atom is -0.493 e. The van der Waals surface area contributed by atoms with Crippen molar-refractivity contribution in [2.45, 2.75) is 31.9 Å². The van der Waals surface area contributed by atoms with E-state index < -0.39 is 6.61 Å². The summed E-state index contributed by atoms with van der Waals surface area (Å²) in [5.41, 5.74) is 0.301. The molecule has 0 spiro atoms. The number of rotatable bonds is 8. The highest BCUT2D eigenvalue weighted by Gasteiger charge is 2.25. The first-order valence-corrected chi connectivity index (χ1v) is 9.27. The van der Waals surface area contributed by atoms with Crippen LogP contribution >= 0.6 is 0 Å². The summed E-state index contributed by atoms with van der Waals surface area (Å²) in [6, 6.07) is 7.80. The molecule has 8 heteroatoms. The highest BCUT2D eigenvalue weighted by atomic mass is 19.3. The topological polar surface area (TPSA) is 63.9 Å². The zero-order valence-electron chi connectivity index (χ0n) is 15.7. The fourth-order valence-corrected chi connectivity index (χ4v) is 3.41. The number of nitrogens with one attached hydrogen (secondary N) is 1. The summed E-state index contributed by atoms with van der Waals surface area (Å²) >= 11 is 0. The molecule has 3 rings (SSSR count). The van der Waals surface area contributed by atoms with E-state index in [4.69, 9.17) is 9.15 Å². The Bertz CT molecular complexity index is 762. The molecule has 0 aliphatic carbocycles. The van der Waals surface area contributed by atoms with Gasteiger partial charge in [-0.1, -0.05) is 6.42 Å². The van der Waals surface area contributed by atoms with Crippen molar-refractivity contribution in [3.8, 4) is 11.5 Å². The summed E-state index contributed by atoms with van der Waals surface area (Å²) in [6.45, 7) is -0.680. The van der Waals surface area contributed by atoms with E-state index in [1.165, 1.54) is 31.7 Å². The maximum atomic E-state index is 12.6. The molecule has 1 aliphatic heterocycles. The first-order valence-electron chi connectivity index (χ1n) is 9.27. The van der Waals surface area contributed by atoms with Crippen LogP contribution in [0, 0.1) is 0 Å². The normalized spacial score (nSPS) is 16.0. The van der Waals surface area contributed by atoms with E-state index in [1.54, 1.807) is 6.26 Å². The highest BCUT2D eigenvalue weighted by Crippen LogP contribution is 2.30. The zero-order chi connectivity index (χ0) is 19.9. The van der Waals surface area contributed by atoms with Crippen LogP contribution < -0.4 is 14.8 Å². The molecule has 2 aromatic rings. The molecule has 1 N–H and O–H groups in total. The fourth-order valence-electron chi connectivity index (χ4n) is 3.41. The SMILES string of the molecule is COc1cc(C(=O)NCC(c2ccco2)N2CCCCC2)ccc1OC(F)F. The summed E-state index contributed by atoms with van der Waals surface area (Å²) in [5.74, 6) is 0.443. The third-order valence-electron chi connectivity index (χ3n) is 4.80. The van der Waals surface area contributed by atoms with Crippen molar-refractivity contribution in [2.24, 2.45) is 0 Å². The van der Waals surface area contributed by atoms with Crippen LogP contribution in [0.3, 0.4) is 0 Å². The number of carbonyl (C=O) groups excluding carboxylic acids is 1. The van der Waals surface area contributed by atoms with Gasteiger partial charge in [-0.15, -0.1) is 0 Å². The largest absolute Gasteiger partial charge is 0.493 e. The molecule has 2 heterocycles. The molecule has 0 bridgehead atoms. The summed E-state index contributed by atoms with van der Waals surface area (Å²) in [6.07, 6.45) is 5.07. The summed E-state index contributed by atoms with van der Waals surface area (Å²) in [5, 5.41) is 2.91. The number of benzene rings is 1. The minimum atomic E-state index is -2.97. The van der Waals surface area contributed by atoms with Gasteiger partial charge in [-0.05, 0) is 56.3 Å². The lowest BCUT2D eigenvalue weighted by Crippen LogP contribution is -2.40. The van der Waals surface area contributed by atoms with E-state index in [9.17, 15) is 13.6 Å². The average Bonchev–Trinajstić information content (AvgIpc) is 3.23. The number of halogens is 2. The van der Waals surface area contributed by atoms with Gasteiger partial charge in [0.2, 0.25) is 0 Å². The molecule has 1 fully saturated rings. The lowest BCUT2D eigenvalue weighted by atomic mass is 10.1. The second-order valence-electron chi connectivity index (χ2n) is 6.58. The van der Waals surface area contributed by atoms with Crippen LogP contribution in [0.1, 0.15) is 41.4 Å². The third-order valence-corrected chi connectivity index (χ3v) is 4.80. The van der Waals surface area contributed by atoms with E-state index in [1.807, 2.05) is 12.1 Å². The number of methoxy groups -OCH3 is 1. The van der Waals surface area contributed by atoms with Crippen molar-refractivity contribution in [2.75, 3.05) is 26.7 Å². The quantitative estimate of drug-likeness (QED) is 0.737. The van der Waals surface area contributed by atoms with Gasteiger partial charge in [0, 0.05) is 12.1 Å². The number of nitrogens with zero attached hydrogens (tertiary/aromatic N) is 1. The molecule has 1 aromatic carbocycles. The van der Waals surface area contributed by atoms with Crippen LogP contribution in [0.4, 0.5) is 8.78 Å². The van der Waals surface area contributed by atoms with Gasteiger partial charge in [-0.3, -0.25) is 9.69 Å². The minimum absolute atomic E-state index is 0.0532. The lowest BCUT2D eigenvalue weighted by molar-refractivity contribution is -0.0512. The number of carbonyl (C=O) groups is 1. The van der Waals surface area contributed by atoms with Crippen molar-refractivity contribution >= 4 is 5.91 Å². The van der Waals surface area contributed by atoms with E-state index in [0.29, 0.717) is 12.1 Å². The molecule has 1 atom stereocenters. The molecule has 1 unspecified atom stereocenters. The zero-order valence-corrected chi connectivity index (χ0v) is 15.7. The Hall–Kier alpha value is -2.61. The molecule has 152 valence electrons. The van der Waals surface area contributed by atoms with Crippen LogP contribution in [0.15, 0.2) is 41.0 Å². The molecule has 1 saturated heterocycles. The number of amides is 1. The van der Waals surface area contributed by atoms with Crippen molar-refractivity contribution in [3.63, 3.8) is 0 Å². The number of furan rings is 1. The lowest BCUT2D eigenvalue weighted by Gasteiger charge is -2.33. The van der Waals surface area contributed by atoms with Crippen LogP contribution in [0.2, 0.25) is 0 Å². The molecule has 1 aromatic heterocycles. The summed E-state index contributed by atoms with van der Waals surface area (Å²) in [4.78, 5) is 14.9. The Balaban J connectivity index is 1.68. The van der Waals surface area contributed by atoms with Crippen LogP contribution in [0.25, 0.3) is 0 Å². The number of likely N-dealkylation sites (tertiary alicyclic amines) is 1. The van der Waals surface area contributed by atoms with E-state index in [0.717, 1.165) is 31.7 Å². The van der Waals surface area contributed by atoms with Gasteiger partial charge in [-0.2, -0.15) is 8.78 Å². The van der Waals surface area contributed by atoms with Crippen LogP contribution in [-0.4, -0.2) is 44.2 Å². The highest BCUT2D eigenvalue weighted by molar-refractivity contribution is 5.94. The number of alkyl halides is 2. The fraction of sp³-hybridized carbons (Fsp3) is 0.450. The maximum Gasteiger partial charge on any atom is 0.387 e. The van der Waals surface area contributed by atoms with Crippen molar-refractivity contribution in [1.29, 1.82) is 0 Å². The Kier molecular flexibility index (Phi) is 6.86. The number of hydrogen-bond donors (Lipinski definition) is 1. The van der Waals surface area contributed by atoms with Crippen molar-refractivity contribution in [1.82, 2.24) is 10.2 Å². The summed E-state index contributed by atoms with van der Waals surface area (Å²) in [7, 11) is 1.33. The molecule has 0 radical (unpaired) electrons. The van der Waals surface area contributed by atoms with Gasteiger partial charge >= 0.3 is 6.61 Å². The van der Waals surface area contributed by atoms with Gasteiger partial charge in [0.1, 0.15) is 5.76 Å². The number of hydrogen-bond acceptors (Lipinski definition) is 5. The second kappa shape index (κ2) is 9.54. The summed E-state index contributed by atoms with van der Waals surface area (Å²) < 4.78 is 39.9. The Morgan fingerprint density at radius 2 is 2.00 bits per heavy atom. The Labute approximate surface area is 162 Å². The van der Waals surface area contributed by atoms with Crippen molar-refractivity contribution in [3.05, 3.63) is 47.9 Å². The maximum absolute atomic E-state index is 12.6. The smallest absolute Gasteiger partial charge is 0.387 e. The van der Waals surface area contributed by atoms with Crippen LogP contribution in [-0.2, 0) is 0 Å². The van der Waals surface area contributed by atoms with Crippen molar-refractivity contribution < 1.29 is 27.5 Å². The Morgan fingerprint density at radius 1 is 1.21 bits per heavy atom. The molecular weight excluding hydrogens is 370 g/mol. The molecule has 1 aliphatic rings. The van der Waals surface area contributed by atoms with Gasteiger partial charge < -0.3 is 19.2 Å². The Morgan fingerprint density at radius 3 is 2.64 bits per heavy atom. The predicted octanol–water partition coefficient (Wildman–Crippen LogP) is 3.85. The van der Waals surface area contributed by atoms with E-state index >= 15 is 0 Å². The molecule has 1 amide bonds. The first kappa shape index (κ1) is 20.1. The van der Waals surface area contributed by atoms with Gasteiger partial charge in [0.15, 0.2) is 11.5 Å². The number of piperidine rings is 1. The third kappa shape index (κ3) is 5.01. The molecule has 0 saturated carbocycles. The predicted molar refractivity (Wildman–Crippen MR) is 98.8 cm³/mol. The standard InChI is InChI=1S/C20H24F2N2O4/c1-26-18-12-14(7-8-17(18)28-20(21)22)19(25)23-13-15(16-6-5-11-27-16)24-9-3-2-4-10-24/h5-8,11-12,15,20H,2-4,9-10,13H2,1H3,(H,23,25). The van der Waals surface area contributed by atoms with Gasteiger partial charge in [-0.25, -0.2) is 0 Å². The van der Waals surface area contributed by atoms with Gasteiger partial charge in [0.05, 0.1) is 19.4 Å². The van der Waals surface area contributed by atoms with E-state index in [2.05, 4.69) is 15.0 Å². The molecule has 6 nitrogen and oxygen atoms in total. The molecular formula is C20H24F2N2O4. The molecule has 28 heavy (non-hydrogen) atoms.